The minimum absolute atomic E-state index is 0.00750. The molecule has 0 atom stereocenters. The van der Waals surface area contributed by atoms with Crippen LogP contribution >= 0.6 is 0 Å². The fraction of sp³-hybridized carbons (Fsp3) is 0.100. The molecule has 16 heavy (non-hydrogen) atoms. The fourth-order valence-electron chi connectivity index (χ4n) is 1.42. The first kappa shape index (κ1) is 10.2. The van der Waals surface area contributed by atoms with Gasteiger partial charge in [0.1, 0.15) is 0 Å². The summed E-state index contributed by atoms with van der Waals surface area (Å²) in [4.78, 5) is 33.2. The number of carboxylic acids is 1. The third-order valence-corrected chi connectivity index (χ3v) is 2.28. The zero-order chi connectivity index (χ0) is 11.9. The maximum absolute atomic E-state index is 11.3. The Labute approximate surface area is 88.4 Å². The van der Waals surface area contributed by atoms with Crippen molar-refractivity contribution in [2.45, 2.75) is 0 Å². The number of hydrogen-bond donors (Lipinski definition) is 1. The normalized spacial score (nSPS) is 10.6. The Bertz CT molecular complexity index is 694. The van der Waals surface area contributed by atoms with Gasteiger partial charge in [-0.15, -0.1) is 0 Å². The summed E-state index contributed by atoms with van der Waals surface area (Å²) in [5, 5.41) is 8.96. The zero-order valence-corrected chi connectivity index (χ0v) is 8.26. The number of hydrogen-bond acceptors (Lipinski definition) is 4. The predicted octanol–water partition coefficient (Wildman–Crippen LogP) is 0.190. The molecule has 2 rings (SSSR count). The van der Waals surface area contributed by atoms with Crippen molar-refractivity contribution in [3.8, 4) is 0 Å². The second kappa shape index (κ2) is 3.34. The van der Waals surface area contributed by atoms with Crippen LogP contribution in [0.25, 0.3) is 10.9 Å². The van der Waals surface area contributed by atoms with E-state index in [0.717, 1.165) is 4.57 Å². The van der Waals surface area contributed by atoms with Crippen LogP contribution in [0.2, 0.25) is 0 Å². The average molecular weight is 221 g/mol. The van der Waals surface area contributed by atoms with E-state index in [1.54, 1.807) is 0 Å². The standard InChI is InChI=1S/C10H7NO5/c1-11-7-4-5(8(12)13)2-3-6(7)9(14)16-10(11)15/h2-4H,1H3,(H,12,13). The maximum Gasteiger partial charge on any atom is 0.422 e. The molecular formula is C10H7NO5. The zero-order valence-electron chi connectivity index (χ0n) is 8.26. The Hall–Kier alpha value is -2.37. The highest BCUT2D eigenvalue weighted by atomic mass is 16.4. The molecule has 0 fully saturated rings. The first-order chi connectivity index (χ1) is 7.50. The Morgan fingerprint density at radius 1 is 1.38 bits per heavy atom. The van der Waals surface area contributed by atoms with Gasteiger partial charge in [-0.05, 0) is 18.2 Å². The van der Waals surface area contributed by atoms with Gasteiger partial charge in [0.05, 0.1) is 16.5 Å². The Morgan fingerprint density at radius 3 is 2.69 bits per heavy atom. The first-order valence-corrected chi connectivity index (χ1v) is 4.38. The van der Waals surface area contributed by atoms with Crippen LogP contribution in [0, 0.1) is 0 Å². The minimum Gasteiger partial charge on any atom is -0.478 e. The van der Waals surface area contributed by atoms with Crippen LogP contribution in [0.3, 0.4) is 0 Å². The van der Waals surface area contributed by atoms with Gasteiger partial charge in [0.2, 0.25) is 0 Å². The van der Waals surface area contributed by atoms with Gasteiger partial charge in [-0.25, -0.2) is 14.4 Å². The average Bonchev–Trinajstić information content (AvgIpc) is 2.25. The van der Waals surface area contributed by atoms with Gasteiger partial charge < -0.3 is 9.52 Å². The Kier molecular flexibility index (Phi) is 2.12. The predicted molar refractivity (Wildman–Crippen MR) is 54.7 cm³/mol. The van der Waals surface area contributed by atoms with Gasteiger partial charge >= 0.3 is 17.4 Å². The topological polar surface area (TPSA) is 89.5 Å². The molecule has 0 amide bonds. The highest BCUT2D eigenvalue weighted by Gasteiger charge is 2.09. The van der Waals surface area contributed by atoms with Crippen molar-refractivity contribution in [2.75, 3.05) is 0 Å². The molecule has 0 spiro atoms. The molecular weight excluding hydrogens is 214 g/mol. The number of rotatable bonds is 1. The minimum atomic E-state index is -1.12. The van der Waals surface area contributed by atoms with Crippen molar-refractivity contribution in [3.05, 3.63) is 44.7 Å². The molecule has 1 aromatic carbocycles. The number of carbonyl (C=O) groups is 1. The van der Waals surface area contributed by atoms with Crippen molar-refractivity contribution in [1.29, 1.82) is 0 Å². The van der Waals surface area contributed by atoms with Crippen LogP contribution in [-0.4, -0.2) is 15.6 Å². The van der Waals surface area contributed by atoms with Gasteiger partial charge in [0.15, 0.2) is 0 Å². The van der Waals surface area contributed by atoms with Crippen LogP contribution < -0.4 is 11.4 Å². The summed E-state index contributed by atoms with van der Waals surface area (Å²) in [7, 11) is 1.40. The van der Waals surface area contributed by atoms with Gasteiger partial charge in [-0.3, -0.25) is 4.57 Å². The van der Waals surface area contributed by atoms with Crippen molar-refractivity contribution in [3.63, 3.8) is 0 Å². The summed E-state index contributed by atoms with van der Waals surface area (Å²) in [5.41, 5.74) is -0.524. The molecule has 6 nitrogen and oxygen atoms in total. The highest BCUT2D eigenvalue weighted by Crippen LogP contribution is 2.10. The van der Waals surface area contributed by atoms with Crippen molar-refractivity contribution < 1.29 is 14.3 Å². The second-order valence-corrected chi connectivity index (χ2v) is 3.25. The number of aromatic carboxylic acids is 1. The molecule has 0 bridgehead atoms. The summed E-state index contributed by atoms with van der Waals surface area (Å²) < 4.78 is 5.51. The molecule has 1 heterocycles. The number of carboxylic acid groups (broad SMARTS) is 1. The SMILES string of the molecule is Cn1c(=O)oc(=O)c2ccc(C(=O)O)cc21. The van der Waals surface area contributed by atoms with E-state index in [-0.39, 0.29) is 16.5 Å². The van der Waals surface area contributed by atoms with Crippen LogP contribution in [-0.2, 0) is 7.05 Å². The van der Waals surface area contributed by atoms with Crippen LogP contribution in [0.4, 0.5) is 0 Å². The molecule has 0 saturated carbocycles. The monoisotopic (exact) mass is 221 g/mol. The van der Waals surface area contributed by atoms with Crippen LogP contribution in [0.1, 0.15) is 10.4 Å². The Balaban J connectivity index is 2.97. The van der Waals surface area contributed by atoms with E-state index in [2.05, 4.69) is 4.42 Å². The third kappa shape index (κ3) is 1.40. The van der Waals surface area contributed by atoms with E-state index in [4.69, 9.17) is 5.11 Å². The third-order valence-electron chi connectivity index (χ3n) is 2.28. The lowest BCUT2D eigenvalue weighted by atomic mass is 10.1. The van der Waals surface area contributed by atoms with Crippen molar-refractivity contribution in [1.82, 2.24) is 4.57 Å². The molecule has 2 aromatic rings. The van der Waals surface area contributed by atoms with E-state index >= 15 is 0 Å². The number of benzene rings is 1. The van der Waals surface area contributed by atoms with Gasteiger partial charge in [0, 0.05) is 7.05 Å². The number of nitrogens with zero attached hydrogens (tertiary/aromatic N) is 1. The largest absolute Gasteiger partial charge is 0.478 e. The lowest BCUT2D eigenvalue weighted by molar-refractivity contribution is 0.0697. The highest BCUT2D eigenvalue weighted by molar-refractivity contribution is 5.92. The molecule has 0 aliphatic rings. The lowest BCUT2D eigenvalue weighted by Crippen LogP contribution is -2.22. The smallest absolute Gasteiger partial charge is 0.422 e. The van der Waals surface area contributed by atoms with Crippen molar-refractivity contribution in [2.24, 2.45) is 7.05 Å². The summed E-state index contributed by atoms with van der Waals surface area (Å²) in [5.74, 6) is -1.94. The fourth-order valence-corrected chi connectivity index (χ4v) is 1.42. The summed E-state index contributed by atoms with van der Waals surface area (Å²) in [6.45, 7) is 0. The van der Waals surface area contributed by atoms with Gasteiger partial charge in [0.25, 0.3) is 0 Å². The molecule has 82 valence electrons. The lowest BCUT2D eigenvalue weighted by Gasteiger charge is -2.02. The van der Waals surface area contributed by atoms with Crippen LogP contribution in [0.15, 0.2) is 32.2 Å². The molecule has 0 saturated heterocycles. The molecule has 1 N–H and O–H groups in total. The second-order valence-electron chi connectivity index (χ2n) is 3.25. The van der Waals surface area contributed by atoms with Crippen molar-refractivity contribution >= 4 is 16.9 Å². The van der Waals surface area contributed by atoms with E-state index in [1.165, 1.54) is 25.2 Å². The molecule has 6 heteroatoms. The number of aromatic nitrogens is 1. The maximum atomic E-state index is 11.3. The Morgan fingerprint density at radius 2 is 2.06 bits per heavy atom. The quantitative estimate of drug-likeness (QED) is 0.742. The van der Waals surface area contributed by atoms with Crippen LogP contribution in [0.5, 0.6) is 0 Å². The molecule has 0 aliphatic carbocycles. The summed E-state index contributed by atoms with van der Waals surface area (Å²) in [6.07, 6.45) is 0. The molecule has 1 aromatic heterocycles. The first-order valence-electron chi connectivity index (χ1n) is 4.38. The van der Waals surface area contributed by atoms with Gasteiger partial charge in [-0.1, -0.05) is 0 Å². The summed E-state index contributed by atoms with van der Waals surface area (Å²) in [6, 6.07) is 3.87. The van der Waals surface area contributed by atoms with E-state index < -0.39 is 17.4 Å². The summed E-state index contributed by atoms with van der Waals surface area (Å²) >= 11 is 0. The van der Waals surface area contributed by atoms with E-state index in [0.29, 0.717) is 0 Å². The number of aryl methyl sites for hydroxylation is 1. The molecule has 0 radical (unpaired) electrons. The molecule has 0 aliphatic heterocycles. The van der Waals surface area contributed by atoms with E-state index in [1.807, 2.05) is 0 Å². The number of fused-ring (bicyclic) bond motifs is 1. The van der Waals surface area contributed by atoms with Gasteiger partial charge in [-0.2, -0.15) is 0 Å². The van der Waals surface area contributed by atoms with E-state index in [9.17, 15) is 14.4 Å². The molecule has 0 unspecified atom stereocenters.